The smallest absolute Gasteiger partial charge is 0.267 e. The maximum atomic E-state index is 12.4. The van der Waals surface area contributed by atoms with Crippen molar-refractivity contribution in [2.45, 2.75) is 30.2 Å². The van der Waals surface area contributed by atoms with Crippen molar-refractivity contribution >= 4 is 33.0 Å². The Hall–Kier alpha value is -2.49. The lowest BCUT2D eigenvalue weighted by Crippen LogP contribution is -2.23. The molecular weight excluding hydrogens is 386 g/mol. The van der Waals surface area contributed by atoms with Crippen LogP contribution in [-0.2, 0) is 16.6 Å². The highest BCUT2D eigenvalue weighted by molar-refractivity contribution is 7.89. The number of anilines is 1. The highest BCUT2D eigenvalue weighted by Gasteiger charge is 2.27. The quantitative estimate of drug-likeness (QED) is 0.630. The number of carbonyl (C=O) groups excluding carboxylic acids is 1. The second-order valence-corrected chi connectivity index (χ2v) is 9.05. The average molecular weight is 403 g/mol. The first-order valence-corrected chi connectivity index (χ1v) is 10.7. The molecule has 2 aromatic heterocycles. The lowest BCUT2D eigenvalue weighted by molar-refractivity contribution is 0.103. The van der Waals surface area contributed by atoms with Crippen molar-refractivity contribution in [3.8, 4) is 0 Å². The Morgan fingerprint density at radius 1 is 1.26 bits per heavy atom. The van der Waals surface area contributed by atoms with E-state index in [1.165, 1.54) is 29.7 Å². The van der Waals surface area contributed by atoms with Gasteiger partial charge in [0.1, 0.15) is 10.6 Å². The number of sulfonamides is 1. The number of hydrogen-bond donors (Lipinski definition) is 2. The standard InChI is InChI=1S/C18H17N3O4S2/c22-17(16-11-19-18(26-16)12-6-7-12)21-13-3-1-5-15(9-13)27(23,24)20-10-14-4-2-8-25-14/h1-5,8-9,11-12,20H,6-7,10H2,(H,21,22). The molecule has 9 heteroatoms. The molecule has 0 bridgehead atoms. The molecule has 7 nitrogen and oxygen atoms in total. The maximum absolute atomic E-state index is 12.4. The highest BCUT2D eigenvalue weighted by Crippen LogP contribution is 2.41. The molecule has 0 saturated heterocycles. The van der Waals surface area contributed by atoms with E-state index in [1.807, 2.05) is 0 Å². The number of rotatable bonds is 7. The van der Waals surface area contributed by atoms with E-state index in [0.717, 1.165) is 17.8 Å². The van der Waals surface area contributed by atoms with Crippen molar-refractivity contribution < 1.29 is 17.6 Å². The molecule has 0 radical (unpaired) electrons. The van der Waals surface area contributed by atoms with Crippen molar-refractivity contribution in [3.05, 3.63) is 64.5 Å². The van der Waals surface area contributed by atoms with Gasteiger partial charge in [0.15, 0.2) is 0 Å². The zero-order valence-electron chi connectivity index (χ0n) is 14.2. The first-order valence-electron chi connectivity index (χ1n) is 8.40. The number of nitrogens with zero attached hydrogens (tertiary/aromatic N) is 1. The lowest BCUT2D eigenvalue weighted by atomic mass is 10.3. The molecule has 0 unspecified atom stereocenters. The van der Waals surface area contributed by atoms with Gasteiger partial charge in [-0.1, -0.05) is 6.07 Å². The maximum Gasteiger partial charge on any atom is 0.267 e. The Kier molecular flexibility index (Phi) is 4.81. The second-order valence-electron chi connectivity index (χ2n) is 6.22. The molecule has 0 atom stereocenters. The highest BCUT2D eigenvalue weighted by atomic mass is 32.2. The van der Waals surface area contributed by atoms with Crippen molar-refractivity contribution in [1.29, 1.82) is 0 Å². The molecule has 1 aliphatic rings. The Balaban J connectivity index is 1.45. The molecule has 27 heavy (non-hydrogen) atoms. The summed E-state index contributed by atoms with van der Waals surface area (Å²) in [5.74, 6) is 0.711. The van der Waals surface area contributed by atoms with Gasteiger partial charge < -0.3 is 9.73 Å². The van der Waals surface area contributed by atoms with Gasteiger partial charge in [-0.15, -0.1) is 11.3 Å². The van der Waals surface area contributed by atoms with Crippen LogP contribution in [0.4, 0.5) is 5.69 Å². The molecule has 0 aliphatic heterocycles. The minimum Gasteiger partial charge on any atom is -0.468 e. The van der Waals surface area contributed by atoms with Crippen molar-refractivity contribution in [2.75, 3.05) is 5.32 Å². The Morgan fingerprint density at radius 2 is 2.11 bits per heavy atom. The van der Waals surface area contributed by atoms with Crippen molar-refractivity contribution in [3.63, 3.8) is 0 Å². The summed E-state index contributed by atoms with van der Waals surface area (Å²) in [5, 5.41) is 3.72. The van der Waals surface area contributed by atoms with Gasteiger partial charge in [-0.3, -0.25) is 4.79 Å². The minimum atomic E-state index is -3.73. The third-order valence-electron chi connectivity index (χ3n) is 4.09. The Bertz CT molecular complexity index is 1050. The van der Waals surface area contributed by atoms with Crippen LogP contribution in [0.1, 0.15) is 39.2 Å². The van der Waals surface area contributed by atoms with Gasteiger partial charge in [0.25, 0.3) is 5.91 Å². The van der Waals surface area contributed by atoms with Gasteiger partial charge in [0.2, 0.25) is 10.0 Å². The third kappa shape index (κ3) is 4.26. The first kappa shape index (κ1) is 17.9. The SMILES string of the molecule is O=C(Nc1cccc(S(=O)(=O)NCc2ccco2)c1)c1cnc(C2CC2)s1. The van der Waals surface area contributed by atoms with Crippen LogP contribution in [-0.4, -0.2) is 19.3 Å². The molecule has 1 fully saturated rings. The zero-order chi connectivity index (χ0) is 18.9. The van der Waals surface area contributed by atoms with Crippen LogP contribution in [0.25, 0.3) is 0 Å². The van der Waals surface area contributed by atoms with Crippen LogP contribution >= 0.6 is 11.3 Å². The van der Waals surface area contributed by atoms with Crippen LogP contribution in [0.3, 0.4) is 0 Å². The van der Waals surface area contributed by atoms with E-state index >= 15 is 0 Å². The number of furan rings is 1. The van der Waals surface area contributed by atoms with Crippen molar-refractivity contribution in [1.82, 2.24) is 9.71 Å². The molecule has 0 spiro atoms. The first-order chi connectivity index (χ1) is 13.0. The summed E-state index contributed by atoms with van der Waals surface area (Å²) in [6.45, 7) is 0.0523. The van der Waals surface area contributed by atoms with Gasteiger partial charge >= 0.3 is 0 Å². The Labute approximate surface area is 160 Å². The van der Waals surface area contributed by atoms with Gasteiger partial charge in [0.05, 0.1) is 28.9 Å². The summed E-state index contributed by atoms with van der Waals surface area (Å²) in [6, 6.07) is 9.49. The number of thiazole rings is 1. The van der Waals surface area contributed by atoms with E-state index in [4.69, 9.17) is 4.42 Å². The van der Waals surface area contributed by atoms with Crippen LogP contribution in [0.5, 0.6) is 0 Å². The van der Waals surface area contributed by atoms with Gasteiger partial charge in [-0.05, 0) is 43.2 Å². The normalized spacial score (nSPS) is 14.2. The number of amides is 1. The summed E-state index contributed by atoms with van der Waals surface area (Å²) in [7, 11) is -3.73. The molecule has 1 saturated carbocycles. The molecule has 1 aliphatic carbocycles. The molecule has 3 aromatic rings. The molecule has 1 aromatic carbocycles. The summed E-state index contributed by atoms with van der Waals surface area (Å²) >= 11 is 1.38. The monoisotopic (exact) mass is 403 g/mol. The largest absolute Gasteiger partial charge is 0.468 e. The number of carbonyl (C=O) groups is 1. The zero-order valence-corrected chi connectivity index (χ0v) is 15.8. The fourth-order valence-electron chi connectivity index (χ4n) is 2.51. The van der Waals surface area contributed by atoms with Gasteiger partial charge in [-0.2, -0.15) is 0 Å². The predicted octanol–water partition coefficient (Wildman–Crippen LogP) is 3.34. The van der Waals surface area contributed by atoms with E-state index in [2.05, 4.69) is 15.0 Å². The molecule has 4 rings (SSSR count). The molecular formula is C18H17N3O4S2. The fourth-order valence-corrected chi connectivity index (χ4v) is 4.53. The van der Waals surface area contributed by atoms with E-state index < -0.39 is 10.0 Å². The number of nitrogens with one attached hydrogen (secondary N) is 2. The van der Waals surface area contributed by atoms with Crippen LogP contribution in [0.2, 0.25) is 0 Å². The predicted molar refractivity (Wildman–Crippen MR) is 101 cm³/mol. The summed E-state index contributed by atoms with van der Waals surface area (Å²) < 4.78 is 32.5. The second kappa shape index (κ2) is 7.26. The average Bonchev–Trinajstić information content (AvgIpc) is 3.17. The van der Waals surface area contributed by atoms with Gasteiger partial charge in [0, 0.05) is 11.6 Å². The summed E-state index contributed by atoms with van der Waals surface area (Å²) in [6.07, 6.45) is 5.30. The summed E-state index contributed by atoms with van der Waals surface area (Å²) in [5.41, 5.74) is 0.405. The topological polar surface area (TPSA) is 101 Å². The van der Waals surface area contributed by atoms with E-state index in [9.17, 15) is 13.2 Å². The van der Waals surface area contributed by atoms with Gasteiger partial charge in [-0.25, -0.2) is 18.1 Å². The number of benzene rings is 1. The minimum absolute atomic E-state index is 0.0523. The Morgan fingerprint density at radius 3 is 2.85 bits per heavy atom. The third-order valence-corrected chi connectivity index (χ3v) is 6.65. The molecule has 2 heterocycles. The van der Waals surface area contributed by atoms with Crippen molar-refractivity contribution in [2.24, 2.45) is 0 Å². The lowest BCUT2D eigenvalue weighted by Gasteiger charge is -2.08. The summed E-state index contributed by atoms with van der Waals surface area (Å²) in [4.78, 5) is 17.3. The molecule has 140 valence electrons. The number of aromatic nitrogens is 1. The molecule has 2 N–H and O–H groups in total. The van der Waals surface area contributed by atoms with E-state index in [0.29, 0.717) is 22.2 Å². The molecule has 1 amide bonds. The van der Waals surface area contributed by atoms with Crippen LogP contribution in [0.15, 0.2) is 58.2 Å². The number of hydrogen-bond acceptors (Lipinski definition) is 6. The van der Waals surface area contributed by atoms with Crippen LogP contribution < -0.4 is 10.0 Å². The fraction of sp³-hybridized carbons (Fsp3) is 0.222. The van der Waals surface area contributed by atoms with E-state index in [1.54, 1.807) is 30.5 Å². The van der Waals surface area contributed by atoms with E-state index in [-0.39, 0.29) is 17.3 Å². The van der Waals surface area contributed by atoms with Crippen LogP contribution in [0, 0.1) is 0 Å².